The highest BCUT2D eigenvalue weighted by molar-refractivity contribution is 9.10. The smallest absolute Gasteiger partial charge is 0.189 e. The lowest BCUT2D eigenvalue weighted by Gasteiger charge is -2.14. The number of halogens is 1. The van der Waals surface area contributed by atoms with Crippen LogP contribution in [0.2, 0.25) is 0 Å². The molecule has 0 fully saturated rings. The van der Waals surface area contributed by atoms with Crippen LogP contribution in [0.25, 0.3) is 0 Å². The summed E-state index contributed by atoms with van der Waals surface area (Å²) in [5.74, 6) is 0.635. The highest BCUT2D eigenvalue weighted by Crippen LogP contribution is 2.28. The van der Waals surface area contributed by atoms with Crippen LogP contribution in [0.15, 0.2) is 53.0 Å². The summed E-state index contributed by atoms with van der Waals surface area (Å²) in [6.45, 7) is 2.36. The molecule has 0 aliphatic carbocycles. The van der Waals surface area contributed by atoms with Crippen molar-refractivity contribution >= 4 is 15.9 Å². The molecular weight excluding hydrogens is 320 g/mol. The van der Waals surface area contributed by atoms with Gasteiger partial charge in [0, 0.05) is 10.0 Å². The molecule has 0 aliphatic rings. The van der Waals surface area contributed by atoms with Crippen molar-refractivity contribution in [3.63, 3.8) is 0 Å². The highest BCUT2D eigenvalue weighted by Gasteiger charge is 2.09. The van der Waals surface area contributed by atoms with Crippen LogP contribution in [0, 0.1) is 0 Å². The van der Waals surface area contributed by atoms with Gasteiger partial charge in [0.25, 0.3) is 0 Å². The molecule has 3 nitrogen and oxygen atoms in total. The van der Waals surface area contributed by atoms with Crippen LogP contribution in [-0.2, 0) is 11.3 Å². The van der Waals surface area contributed by atoms with Crippen LogP contribution in [0.3, 0.4) is 0 Å². The Bertz CT molecular complexity index is 541. The van der Waals surface area contributed by atoms with Gasteiger partial charge in [-0.3, -0.25) is 0 Å². The van der Waals surface area contributed by atoms with E-state index in [1.807, 2.05) is 48.5 Å². The molecule has 1 N–H and O–H groups in total. The monoisotopic (exact) mass is 336 g/mol. The minimum absolute atomic E-state index is 0.149. The van der Waals surface area contributed by atoms with Gasteiger partial charge in [0.05, 0.1) is 12.7 Å². The largest absolute Gasteiger partial charge is 0.467 e. The fraction of sp³-hybridized carbons (Fsp3) is 0.250. The second kappa shape index (κ2) is 7.43. The van der Waals surface area contributed by atoms with Crippen molar-refractivity contribution in [2.75, 3.05) is 6.79 Å². The summed E-state index contributed by atoms with van der Waals surface area (Å²) in [5, 5.41) is 9.72. The van der Waals surface area contributed by atoms with E-state index in [4.69, 9.17) is 9.47 Å². The van der Waals surface area contributed by atoms with Crippen molar-refractivity contribution in [1.82, 2.24) is 0 Å². The maximum absolute atomic E-state index is 9.72. The van der Waals surface area contributed by atoms with Crippen molar-refractivity contribution < 1.29 is 14.6 Å². The molecule has 1 atom stereocenters. The van der Waals surface area contributed by atoms with E-state index in [2.05, 4.69) is 15.9 Å². The van der Waals surface area contributed by atoms with Gasteiger partial charge in [0.15, 0.2) is 6.79 Å². The zero-order valence-electron chi connectivity index (χ0n) is 11.3. The van der Waals surface area contributed by atoms with E-state index in [0.29, 0.717) is 12.4 Å². The van der Waals surface area contributed by atoms with Gasteiger partial charge in [-0.05, 0) is 30.7 Å². The number of rotatable bonds is 6. The maximum atomic E-state index is 9.72. The number of aliphatic hydroxyl groups is 1. The first-order chi connectivity index (χ1) is 9.66. The minimum atomic E-state index is -0.586. The van der Waals surface area contributed by atoms with Crippen molar-refractivity contribution in [3.8, 4) is 5.75 Å². The molecule has 0 heterocycles. The van der Waals surface area contributed by atoms with Crippen molar-refractivity contribution in [2.45, 2.75) is 19.6 Å². The lowest BCUT2D eigenvalue weighted by Crippen LogP contribution is -2.06. The second-order valence-corrected chi connectivity index (χ2v) is 5.37. The lowest BCUT2D eigenvalue weighted by molar-refractivity contribution is 0.00341. The summed E-state index contributed by atoms with van der Waals surface area (Å²) in [4.78, 5) is 0. The van der Waals surface area contributed by atoms with Gasteiger partial charge in [0.1, 0.15) is 5.75 Å². The molecule has 2 aromatic rings. The molecule has 0 radical (unpaired) electrons. The second-order valence-electron chi connectivity index (χ2n) is 4.45. The topological polar surface area (TPSA) is 38.7 Å². The Kier molecular flexibility index (Phi) is 5.59. The molecule has 0 saturated carbocycles. The van der Waals surface area contributed by atoms with Crippen LogP contribution in [0.5, 0.6) is 5.75 Å². The van der Waals surface area contributed by atoms with Crippen LogP contribution in [0.1, 0.15) is 24.2 Å². The molecule has 0 amide bonds. The van der Waals surface area contributed by atoms with E-state index < -0.39 is 6.10 Å². The maximum Gasteiger partial charge on any atom is 0.189 e. The number of aliphatic hydroxyl groups excluding tert-OH is 1. The Hall–Kier alpha value is -1.36. The summed E-state index contributed by atoms with van der Waals surface area (Å²) in [6, 6.07) is 15.5. The number of hydrogen-bond acceptors (Lipinski definition) is 3. The molecule has 0 spiro atoms. The molecule has 20 heavy (non-hydrogen) atoms. The average molecular weight is 337 g/mol. The fourth-order valence-corrected chi connectivity index (χ4v) is 2.19. The zero-order chi connectivity index (χ0) is 14.4. The molecule has 0 aromatic heterocycles. The Labute approximate surface area is 127 Å². The van der Waals surface area contributed by atoms with Gasteiger partial charge in [-0.15, -0.1) is 0 Å². The summed E-state index contributed by atoms with van der Waals surface area (Å²) in [7, 11) is 0. The first-order valence-corrected chi connectivity index (χ1v) is 7.18. The van der Waals surface area contributed by atoms with Crippen LogP contribution in [0.4, 0.5) is 0 Å². The van der Waals surface area contributed by atoms with Gasteiger partial charge in [-0.1, -0.05) is 46.3 Å². The third-order valence-corrected chi connectivity index (χ3v) is 3.32. The Morgan fingerprint density at radius 1 is 1.15 bits per heavy atom. The molecule has 0 unspecified atom stereocenters. The predicted octanol–water partition coefficient (Wildman–Crippen LogP) is 4.06. The molecule has 2 rings (SSSR count). The van der Waals surface area contributed by atoms with Gasteiger partial charge >= 0.3 is 0 Å². The first kappa shape index (κ1) is 15.0. The Morgan fingerprint density at radius 2 is 1.90 bits per heavy atom. The van der Waals surface area contributed by atoms with Gasteiger partial charge in [-0.2, -0.15) is 0 Å². The van der Waals surface area contributed by atoms with Crippen LogP contribution >= 0.6 is 15.9 Å². The summed E-state index contributed by atoms with van der Waals surface area (Å²) >= 11 is 3.38. The normalized spacial score (nSPS) is 12.2. The van der Waals surface area contributed by atoms with E-state index in [0.717, 1.165) is 15.6 Å². The molecule has 106 valence electrons. The van der Waals surface area contributed by atoms with E-state index >= 15 is 0 Å². The van der Waals surface area contributed by atoms with Gasteiger partial charge in [0.2, 0.25) is 0 Å². The predicted molar refractivity (Wildman–Crippen MR) is 81.5 cm³/mol. The summed E-state index contributed by atoms with van der Waals surface area (Å²) < 4.78 is 12.0. The number of benzene rings is 2. The van der Waals surface area contributed by atoms with Gasteiger partial charge < -0.3 is 14.6 Å². The van der Waals surface area contributed by atoms with E-state index in [1.165, 1.54) is 0 Å². The molecule has 0 aliphatic heterocycles. The molecule has 0 saturated heterocycles. The highest BCUT2D eigenvalue weighted by atomic mass is 79.9. The standard InChI is InChI=1S/C16H17BrO3/c1-12(18)15-9-14(17)7-8-16(15)20-11-19-10-13-5-3-2-4-6-13/h2-9,12,18H,10-11H2,1H3/t12-/m1/s1. The Morgan fingerprint density at radius 3 is 2.60 bits per heavy atom. The zero-order valence-corrected chi connectivity index (χ0v) is 12.8. The Balaban J connectivity index is 1.88. The van der Waals surface area contributed by atoms with E-state index in [1.54, 1.807) is 6.92 Å². The van der Waals surface area contributed by atoms with E-state index in [9.17, 15) is 5.11 Å². The third-order valence-electron chi connectivity index (χ3n) is 2.83. The minimum Gasteiger partial charge on any atom is -0.467 e. The van der Waals surface area contributed by atoms with Crippen molar-refractivity contribution in [3.05, 3.63) is 64.1 Å². The number of ether oxygens (including phenoxy) is 2. The summed E-state index contributed by atoms with van der Waals surface area (Å²) in [5.41, 5.74) is 1.84. The van der Waals surface area contributed by atoms with E-state index in [-0.39, 0.29) is 6.79 Å². The van der Waals surface area contributed by atoms with Gasteiger partial charge in [-0.25, -0.2) is 0 Å². The first-order valence-electron chi connectivity index (χ1n) is 6.39. The quantitative estimate of drug-likeness (QED) is 0.638. The summed E-state index contributed by atoms with van der Waals surface area (Å²) in [6.07, 6.45) is -0.586. The SMILES string of the molecule is C[C@@H](O)c1cc(Br)ccc1OCOCc1ccccc1. The molecule has 2 aromatic carbocycles. The van der Waals surface area contributed by atoms with Crippen LogP contribution < -0.4 is 4.74 Å². The van der Waals surface area contributed by atoms with Crippen molar-refractivity contribution in [1.29, 1.82) is 0 Å². The molecule has 0 bridgehead atoms. The third kappa shape index (κ3) is 4.34. The average Bonchev–Trinajstić information content (AvgIpc) is 2.45. The fourth-order valence-electron chi connectivity index (χ4n) is 1.82. The molecule has 4 heteroatoms. The lowest BCUT2D eigenvalue weighted by atomic mass is 10.1. The van der Waals surface area contributed by atoms with Crippen molar-refractivity contribution in [2.24, 2.45) is 0 Å². The number of hydrogen-bond donors (Lipinski definition) is 1. The molecular formula is C16H17BrO3. The van der Waals surface area contributed by atoms with Crippen LogP contribution in [-0.4, -0.2) is 11.9 Å².